The fraction of sp³-hybridized carbons (Fsp3) is 0.143. The smallest absolute Gasteiger partial charge is 0.506 e. The van der Waals surface area contributed by atoms with E-state index in [9.17, 15) is 21.6 Å². The van der Waals surface area contributed by atoms with E-state index in [-0.39, 0.29) is 0 Å². The first-order valence-electron chi connectivity index (χ1n) is 3.61. The summed E-state index contributed by atoms with van der Waals surface area (Å²) in [6.45, 7) is 0. The summed E-state index contributed by atoms with van der Waals surface area (Å²) < 4.78 is 58.2. The highest BCUT2D eigenvalue weighted by atomic mass is 32.2. The lowest BCUT2D eigenvalue weighted by atomic mass is 10.3. The first-order valence-corrected chi connectivity index (χ1v) is 5.09. The number of rotatable bonds is 2. The third kappa shape index (κ3) is 2.52. The number of hydrogen-bond donors (Lipinski definition) is 2. The van der Waals surface area contributed by atoms with Crippen molar-refractivity contribution in [2.75, 3.05) is 4.72 Å². The van der Waals surface area contributed by atoms with E-state index in [4.69, 9.17) is 5.11 Å². The van der Waals surface area contributed by atoms with Crippen molar-refractivity contribution in [1.29, 1.82) is 0 Å². The van der Waals surface area contributed by atoms with E-state index in [1.54, 1.807) is 0 Å². The molecule has 2 N–H and O–H groups in total. The SMILES string of the molecule is O=S(=O)(Nc1ccccc1O)C(F)(F)F. The van der Waals surface area contributed by atoms with Crippen LogP contribution in [0.1, 0.15) is 0 Å². The van der Waals surface area contributed by atoms with Gasteiger partial charge in [-0.2, -0.15) is 21.6 Å². The Bertz CT molecular complexity index is 455. The summed E-state index contributed by atoms with van der Waals surface area (Å²) in [5, 5.41) is 9.05. The minimum Gasteiger partial charge on any atom is -0.506 e. The van der Waals surface area contributed by atoms with E-state index in [1.165, 1.54) is 16.9 Å². The van der Waals surface area contributed by atoms with Gasteiger partial charge in [-0.3, -0.25) is 4.72 Å². The van der Waals surface area contributed by atoms with Gasteiger partial charge in [0.05, 0.1) is 5.69 Å². The Labute approximate surface area is 83.4 Å². The Balaban J connectivity index is 3.03. The lowest BCUT2D eigenvalue weighted by Crippen LogP contribution is -2.29. The number of aromatic hydroxyl groups is 1. The van der Waals surface area contributed by atoms with Crippen LogP contribution < -0.4 is 4.72 Å². The minimum atomic E-state index is -5.48. The molecule has 1 aromatic rings. The van der Waals surface area contributed by atoms with Gasteiger partial charge in [0.1, 0.15) is 5.75 Å². The molecule has 0 spiro atoms. The molecule has 4 nitrogen and oxygen atoms in total. The molecule has 1 rings (SSSR count). The van der Waals surface area contributed by atoms with E-state index < -0.39 is 27.0 Å². The zero-order valence-corrected chi connectivity index (χ0v) is 7.93. The van der Waals surface area contributed by atoms with Crippen molar-refractivity contribution in [3.05, 3.63) is 24.3 Å². The van der Waals surface area contributed by atoms with Gasteiger partial charge in [-0.15, -0.1) is 0 Å². The highest BCUT2D eigenvalue weighted by Crippen LogP contribution is 2.29. The van der Waals surface area contributed by atoms with Gasteiger partial charge in [-0.1, -0.05) is 12.1 Å². The van der Waals surface area contributed by atoms with Gasteiger partial charge in [0.15, 0.2) is 0 Å². The number of halogens is 3. The average molecular weight is 241 g/mol. The summed E-state index contributed by atoms with van der Waals surface area (Å²) in [5.74, 6) is -0.578. The fourth-order valence-electron chi connectivity index (χ4n) is 0.763. The topological polar surface area (TPSA) is 66.4 Å². The van der Waals surface area contributed by atoms with Gasteiger partial charge >= 0.3 is 15.5 Å². The molecule has 0 aliphatic rings. The summed E-state index contributed by atoms with van der Waals surface area (Å²) in [6.07, 6.45) is 0. The summed E-state index contributed by atoms with van der Waals surface area (Å²) >= 11 is 0. The minimum absolute atomic E-state index is 0.519. The van der Waals surface area contributed by atoms with Crippen LogP contribution in [0.4, 0.5) is 18.9 Å². The van der Waals surface area contributed by atoms with Gasteiger partial charge < -0.3 is 5.11 Å². The normalized spacial score (nSPS) is 12.5. The summed E-state index contributed by atoms with van der Waals surface area (Å²) in [4.78, 5) is 0. The monoisotopic (exact) mass is 241 g/mol. The molecule has 0 radical (unpaired) electrons. The molecule has 0 heterocycles. The molecular formula is C7H6F3NO3S. The molecule has 15 heavy (non-hydrogen) atoms. The molecule has 84 valence electrons. The number of anilines is 1. The van der Waals surface area contributed by atoms with Gasteiger partial charge in [-0.05, 0) is 12.1 Å². The first kappa shape index (κ1) is 11.6. The molecule has 0 saturated carbocycles. The van der Waals surface area contributed by atoms with Crippen LogP contribution in [-0.4, -0.2) is 19.0 Å². The van der Waals surface area contributed by atoms with Crippen LogP contribution in [0, 0.1) is 0 Å². The molecular weight excluding hydrogens is 235 g/mol. The Morgan fingerprint density at radius 1 is 1.20 bits per heavy atom. The first-order chi connectivity index (χ1) is 6.74. The lowest BCUT2D eigenvalue weighted by Gasteiger charge is -2.11. The van der Waals surface area contributed by atoms with E-state index in [2.05, 4.69) is 0 Å². The van der Waals surface area contributed by atoms with E-state index in [0.29, 0.717) is 0 Å². The quantitative estimate of drug-likeness (QED) is 0.774. The number of hydrogen-bond acceptors (Lipinski definition) is 3. The number of phenols is 1. The molecule has 8 heteroatoms. The van der Waals surface area contributed by atoms with Crippen molar-refractivity contribution < 1.29 is 26.7 Å². The molecule has 0 amide bonds. The predicted octanol–water partition coefficient (Wildman–Crippen LogP) is 1.65. The van der Waals surface area contributed by atoms with Crippen LogP contribution in [0.25, 0.3) is 0 Å². The van der Waals surface area contributed by atoms with Gasteiger partial charge in [0.25, 0.3) is 0 Å². The van der Waals surface area contributed by atoms with E-state index in [0.717, 1.165) is 12.1 Å². The summed E-state index contributed by atoms with van der Waals surface area (Å²) in [5.41, 5.74) is -5.93. The van der Waals surface area contributed by atoms with Crippen molar-refractivity contribution in [2.24, 2.45) is 0 Å². The van der Waals surface area contributed by atoms with Gasteiger partial charge in [0, 0.05) is 0 Å². The largest absolute Gasteiger partial charge is 0.516 e. The Hall–Kier alpha value is -1.44. The zero-order valence-electron chi connectivity index (χ0n) is 7.12. The van der Waals surface area contributed by atoms with Crippen LogP contribution >= 0.6 is 0 Å². The molecule has 0 aromatic heterocycles. The maximum atomic E-state index is 11.9. The number of phenolic OH excluding ortho intramolecular Hbond substituents is 1. The fourth-order valence-corrected chi connectivity index (χ4v) is 1.34. The molecule has 0 atom stereocenters. The molecule has 0 aliphatic heterocycles. The average Bonchev–Trinajstić information content (AvgIpc) is 2.06. The molecule has 0 bridgehead atoms. The third-order valence-corrected chi connectivity index (χ3v) is 2.55. The Kier molecular flexibility index (Phi) is 2.80. The third-order valence-electron chi connectivity index (χ3n) is 1.45. The Morgan fingerprint density at radius 2 is 1.73 bits per heavy atom. The Morgan fingerprint density at radius 3 is 2.20 bits per heavy atom. The van der Waals surface area contributed by atoms with Crippen LogP contribution in [0.15, 0.2) is 24.3 Å². The second-order valence-electron chi connectivity index (χ2n) is 2.57. The number of sulfonamides is 1. The molecule has 0 fully saturated rings. The molecule has 0 aliphatic carbocycles. The van der Waals surface area contributed by atoms with Gasteiger partial charge in [0.2, 0.25) is 0 Å². The van der Waals surface area contributed by atoms with Crippen molar-refractivity contribution in [3.8, 4) is 5.75 Å². The van der Waals surface area contributed by atoms with Crippen molar-refractivity contribution >= 4 is 15.7 Å². The predicted molar refractivity (Wildman–Crippen MR) is 46.7 cm³/mol. The highest BCUT2D eigenvalue weighted by Gasteiger charge is 2.46. The second kappa shape index (κ2) is 3.61. The van der Waals surface area contributed by atoms with Crippen LogP contribution in [0.5, 0.6) is 5.75 Å². The molecule has 0 unspecified atom stereocenters. The molecule has 1 aromatic carbocycles. The number of nitrogens with one attached hydrogen (secondary N) is 1. The van der Waals surface area contributed by atoms with Crippen molar-refractivity contribution in [1.82, 2.24) is 0 Å². The summed E-state index contributed by atoms with van der Waals surface area (Å²) in [6, 6.07) is 4.71. The lowest BCUT2D eigenvalue weighted by molar-refractivity contribution is -0.0429. The van der Waals surface area contributed by atoms with Crippen molar-refractivity contribution in [3.63, 3.8) is 0 Å². The standard InChI is InChI=1S/C7H6F3NO3S/c8-7(9,10)15(13,14)11-5-3-1-2-4-6(5)12/h1-4,11-12H. The second-order valence-corrected chi connectivity index (χ2v) is 4.24. The highest BCUT2D eigenvalue weighted by molar-refractivity contribution is 7.93. The number of benzene rings is 1. The van der Waals surface area contributed by atoms with Crippen LogP contribution in [0.3, 0.4) is 0 Å². The maximum Gasteiger partial charge on any atom is 0.516 e. The summed E-state index contributed by atoms with van der Waals surface area (Å²) in [7, 11) is -5.48. The van der Waals surface area contributed by atoms with Crippen LogP contribution in [-0.2, 0) is 10.0 Å². The van der Waals surface area contributed by atoms with Crippen molar-refractivity contribution in [2.45, 2.75) is 5.51 Å². The number of para-hydroxylation sites is 2. The zero-order chi connectivity index (χ0) is 11.7. The van der Waals surface area contributed by atoms with Crippen LogP contribution in [0.2, 0.25) is 0 Å². The van der Waals surface area contributed by atoms with E-state index >= 15 is 0 Å². The van der Waals surface area contributed by atoms with Gasteiger partial charge in [-0.25, -0.2) is 0 Å². The van der Waals surface area contributed by atoms with E-state index in [1.807, 2.05) is 0 Å². The number of alkyl halides is 3. The molecule has 0 saturated heterocycles. The maximum absolute atomic E-state index is 11.9.